The van der Waals surface area contributed by atoms with Crippen molar-refractivity contribution in [2.45, 2.75) is 6.54 Å². The van der Waals surface area contributed by atoms with Gasteiger partial charge in [0.2, 0.25) is 0 Å². The fourth-order valence-electron chi connectivity index (χ4n) is 1.22. The Balaban J connectivity index is 1.96. The molecule has 76 valence electrons. The van der Waals surface area contributed by atoms with E-state index in [9.17, 15) is 0 Å². The molecule has 0 saturated heterocycles. The van der Waals surface area contributed by atoms with E-state index < -0.39 is 0 Å². The maximum atomic E-state index is 5.59. The van der Waals surface area contributed by atoms with Crippen molar-refractivity contribution in [2.75, 3.05) is 11.1 Å². The third-order valence-corrected chi connectivity index (χ3v) is 2.03. The number of anilines is 2. The van der Waals surface area contributed by atoms with Gasteiger partial charge in [0.15, 0.2) is 0 Å². The molecule has 0 radical (unpaired) electrons. The Labute approximate surface area is 88.2 Å². The molecule has 2 rings (SSSR count). The lowest BCUT2D eigenvalue weighted by atomic mass is 10.3. The van der Waals surface area contributed by atoms with Crippen molar-refractivity contribution in [1.82, 2.24) is 9.97 Å². The molecule has 0 aliphatic rings. The van der Waals surface area contributed by atoms with Gasteiger partial charge in [-0.2, -0.15) is 0 Å². The van der Waals surface area contributed by atoms with Gasteiger partial charge in [0.25, 0.3) is 0 Å². The van der Waals surface area contributed by atoms with Crippen LogP contribution in [0.25, 0.3) is 0 Å². The first kappa shape index (κ1) is 9.45. The summed E-state index contributed by atoms with van der Waals surface area (Å²) >= 11 is 0. The van der Waals surface area contributed by atoms with E-state index in [2.05, 4.69) is 15.3 Å². The van der Waals surface area contributed by atoms with E-state index in [0.717, 1.165) is 17.1 Å². The number of aromatic nitrogens is 2. The predicted molar refractivity (Wildman–Crippen MR) is 60.2 cm³/mol. The fraction of sp³-hybridized carbons (Fsp3) is 0.0909. The third kappa shape index (κ3) is 2.67. The number of nitrogen functional groups attached to an aromatic ring is 1. The van der Waals surface area contributed by atoms with Gasteiger partial charge < -0.3 is 11.1 Å². The number of nitrogens with zero attached hydrogens (tertiary/aromatic N) is 2. The number of hydrogen-bond donors (Lipinski definition) is 2. The van der Waals surface area contributed by atoms with Gasteiger partial charge in [0.1, 0.15) is 6.33 Å². The summed E-state index contributed by atoms with van der Waals surface area (Å²) in [6, 6.07) is 9.49. The zero-order valence-electron chi connectivity index (χ0n) is 8.22. The number of hydrogen-bond acceptors (Lipinski definition) is 4. The van der Waals surface area contributed by atoms with Crippen LogP contribution in [0.2, 0.25) is 0 Å². The summed E-state index contributed by atoms with van der Waals surface area (Å²) < 4.78 is 0. The van der Waals surface area contributed by atoms with Gasteiger partial charge in [-0.1, -0.05) is 0 Å². The standard InChI is InChI=1S/C11H12N4/c12-9-1-3-10(4-2-9)14-7-11-5-6-13-8-15-11/h1-6,8,14H,7,12H2. The second-order valence-corrected chi connectivity index (χ2v) is 3.18. The number of nitrogens with two attached hydrogens (primary N) is 1. The quantitative estimate of drug-likeness (QED) is 0.740. The maximum absolute atomic E-state index is 5.59. The molecular weight excluding hydrogens is 188 g/mol. The molecule has 15 heavy (non-hydrogen) atoms. The van der Waals surface area contributed by atoms with Crippen molar-refractivity contribution in [3.05, 3.63) is 48.5 Å². The molecule has 3 N–H and O–H groups in total. The topological polar surface area (TPSA) is 63.8 Å². The molecule has 1 heterocycles. The van der Waals surface area contributed by atoms with Crippen LogP contribution in [-0.2, 0) is 6.54 Å². The van der Waals surface area contributed by atoms with Crippen molar-refractivity contribution in [1.29, 1.82) is 0 Å². The van der Waals surface area contributed by atoms with Crippen LogP contribution < -0.4 is 11.1 Å². The van der Waals surface area contributed by atoms with E-state index in [0.29, 0.717) is 6.54 Å². The molecule has 0 atom stereocenters. The number of benzene rings is 1. The maximum Gasteiger partial charge on any atom is 0.115 e. The second kappa shape index (κ2) is 4.41. The fourth-order valence-corrected chi connectivity index (χ4v) is 1.22. The summed E-state index contributed by atoms with van der Waals surface area (Å²) in [4.78, 5) is 7.97. The van der Waals surface area contributed by atoms with Crippen LogP contribution in [0.4, 0.5) is 11.4 Å². The highest BCUT2D eigenvalue weighted by Gasteiger charge is 1.94. The SMILES string of the molecule is Nc1ccc(NCc2ccncn2)cc1. The van der Waals surface area contributed by atoms with Crippen molar-refractivity contribution in [2.24, 2.45) is 0 Å². The molecule has 2 aromatic rings. The average Bonchev–Trinajstić information content (AvgIpc) is 2.30. The zero-order valence-corrected chi connectivity index (χ0v) is 8.22. The number of nitrogens with one attached hydrogen (secondary N) is 1. The van der Waals surface area contributed by atoms with E-state index in [1.165, 1.54) is 0 Å². The Morgan fingerprint density at radius 2 is 1.93 bits per heavy atom. The summed E-state index contributed by atoms with van der Waals surface area (Å²) in [5.74, 6) is 0. The van der Waals surface area contributed by atoms with E-state index >= 15 is 0 Å². The predicted octanol–water partition coefficient (Wildman–Crippen LogP) is 1.67. The van der Waals surface area contributed by atoms with Gasteiger partial charge in [0.05, 0.1) is 12.2 Å². The molecule has 0 amide bonds. The second-order valence-electron chi connectivity index (χ2n) is 3.18. The van der Waals surface area contributed by atoms with Gasteiger partial charge in [-0.3, -0.25) is 0 Å². The Kier molecular flexibility index (Phi) is 2.78. The third-order valence-electron chi connectivity index (χ3n) is 2.03. The lowest BCUT2D eigenvalue weighted by Gasteiger charge is -2.05. The minimum absolute atomic E-state index is 0.687. The molecule has 0 unspecified atom stereocenters. The summed E-state index contributed by atoms with van der Waals surface area (Å²) in [6.07, 6.45) is 3.27. The van der Waals surface area contributed by atoms with Gasteiger partial charge in [-0.15, -0.1) is 0 Å². The van der Waals surface area contributed by atoms with Crippen LogP contribution in [0.15, 0.2) is 42.9 Å². The van der Waals surface area contributed by atoms with E-state index in [1.54, 1.807) is 12.5 Å². The van der Waals surface area contributed by atoms with Crippen molar-refractivity contribution >= 4 is 11.4 Å². The highest BCUT2D eigenvalue weighted by molar-refractivity contribution is 5.51. The van der Waals surface area contributed by atoms with Crippen LogP contribution in [-0.4, -0.2) is 9.97 Å². The van der Waals surface area contributed by atoms with Crippen molar-refractivity contribution < 1.29 is 0 Å². The molecule has 0 saturated carbocycles. The molecule has 4 nitrogen and oxygen atoms in total. The van der Waals surface area contributed by atoms with Crippen LogP contribution in [0, 0.1) is 0 Å². The van der Waals surface area contributed by atoms with Crippen molar-refractivity contribution in [3.8, 4) is 0 Å². The molecule has 4 heteroatoms. The summed E-state index contributed by atoms with van der Waals surface area (Å²) in [5, 5.41) is 3.24. The summed E-state index contributed by atoms with van der Waals surface area (Å²) in [7, 11) is 0. The Morgan fingerprint density at radius 1 is 1.13 bits per heavy atom. The first-order chi connectivity index (χ1) is 7.34. The highest BCUT2D eigenvalue weighted by atomic mass is 14.9. The smallest absolute Gasteiger partial charge is 0.115 e. The molecule has 0 fully saturated rings. The number of rotatable bonds is 3. The van der Waals surface area contributed by atoms with Crippen LogP contribution in [0.3, 0.4) is 0 Å². The first-order valence-electron chi connectivity index (χ1n) is 4.69. The molecule has 0 bridgehead atoms. The molecule has 1 aromatic heterocycles. The van der Waals surface area contributed by atoms with E-state index in [4.69, 9.17) is 5.73 Å². The van der Waals surface area contributed by atoms with Crippen molar-refractivity contribution in [3.63, 3.8) is 0 Å². The monoisotopic (exact) mass is 200 g/mol. The molecular formula is C11H12N4. The molecule has 0 spiro atoms. The molecule has 1 aromatic carbocycles. The minimum Gasteiger partial charge on any atom is -0.399 e. The Morgan fingerprint density at radius 3 is 2.60 bits per heavy atom. The van der Waals surface area contributed by atoms with Gasteiger partial charge >= 0.3 is 0 Å². The van der Waals surface area contributed by atoms with E-state index in [1.807, 2.05) is 30.3 Å². The van der Waals surface area contributed by atoms with Crippen LogP contribution in [0.1, 0.15) is 5.69 Å². The normalized spacial score (nSPS) is 9.87. The molecule has 0 aliphatic heterocycles. The van der Waals surface area contributed by atoms with Crippen LogP contribution in [0.5, 0.6) is 0 Å². The Hall–Kier alpha value is -2.10. The average molecular weight is 200 g/mol. The first-order valence-corrected chi connectivity index (χ1v) is 4.69. The lowest BCUT2D eigenvalue weighted by Crippen LogP contribution is -2.01. The minimum atomic E-state index is 0.687. The van der Waals surface area contributed by atoms with Gasteiger partial charge in [0, 0.05) is 17.6 Å². The van der Waals surface area contributed by atoms with Gasteiger partial charge in [-0.05, 0) is 30.3 Å². The van der Waals surface area contributed by atoms with E-state index in [-0.39, 0.29) is 0 Å². The summed E-state index contributed by atoms with van der Waals surface area (Å²) in [5.41, 5.74) is 8.34. The highest BCUT2D eigenvalue weighted by Crippen LogP contribution is 2.11. The Bertz CT molecular complexity index is 410. The lowest BCUT2D eigenvalue weighted by molar-refractivity contribution is 1.01. The zero-order chi connectivity index (χ0) is 10.5. The summed E-state index contributed by atoms with van der Waals surface area (Å²) in [6.45, 7) is 0.687. The van der Waals surface area contributed by atoms with Gasteiger partial charge in [-0.25, -0.2) is 9.97 Å². The molecule has 0 aliphatic carbocycles. The largest absolute Gasteiger partial charge is 0.399 e. The van der Waals surface area contributed by atoms with Crippen LogP contribution >= 0.6 is 0 Å².